The van der Waals surface area contributed by atoms with Crippen LogP contribution in [0.15, 0.2) is 24.3 Å². The van der Waals surface area contributed by atoms with Crippen LogP contribution >= 0.6 is 0 Å². The lowest BCUT2D eigenvalue weighted by Gasteiger charge is -2.35. The third-order valence-corrected chi connectivity index (χ3v) is 5.73. The molecular formula is C20H30N2O2. The summed E-state index contributed by atoms with van der Waals surface area (Å²) in [4.78, 5) is 15.2. The number of carbonyl (C=O) groups excluding carboxylic acids is 1. The zero-order chi connectivity index (χ0) is 17.0. The molecule has 1 aromatic rings. The largest absolute Gasteiger partial charge is 0.393 e. The zero-order valence-corrected chi connectivity index (χ0v) is 14.8. The molecule has 1 fully saturated rings. The normalized spacial score (nSPS) is 25.2. The van der Waals surface area contributed by atoms with E-state index < -0.39 is 0 Å². The number of carbonyl (C=O) groups is 1. The van der Waals surface area contributed by atoms with Crippen LogP contribution in [0.25, 0.3) is 0 Å². The molecule has 0 saturated carbocycles. The fourth-order valence-corrected chi connectivity index (χ4v) is 4.12. The Bertz CT molecular complexity index is 567. The van der Waals surface area contributed by atoms with Gasteiger partial charge in [-0.05, 0) is 63.1 Å². The Kier molecular flexibility index (Phi) is 5.57. The first-order chi connectivity index (χ1) is 11.6. The molecule has 1 heterocycles. The molecule has 1 amide bonds. The van der Waals surface area contributed by atoms with E-state index in [0.29, 0.717) is 0 Å². The van der Waals surface area contributed by atoms with Crippen LogP contribution in [0.3, 0.4) is 0 Å². The topological polar surface area (TPSA) is 52.6 Å². The molecule has 2 N–H and O–H groups in total. The first-order valence-corrected chi connectivity index (χ1v) is 9.37. The Hall–Kier alpha value is -1.39. The number of benzene rings is 1. The number of nitrogens with one attached hydrogen (secondary N) is 1. The molecule has 1 aromatic carbocycles. The van der Waals surface area contributed by atoms with Gasteiger partial charge < -0.3 is 15.3 Å². The van der Waals surface area contributed by atoms with Crippen molar-refractivity contribution in [2.75, 3.05) is 26.2 Å². The minimum Gasteiger partial charge on any atom is -0.393 e. The highest BCUT2D eigenvalue weighted by Crippen LogP contribution is 2.37. The van der Waals surface area contributed by atoms with E-state index in [1.165, 1.54) is 11.1 Å². The van der Waals surface area contributed by atoms with Gasteiger partial charge >= 0.3 is 0 Å². The van der Waals surface area contributed by atoms with E-state index in [2.05, 4.69) is 35.3 Å². The van der Waals surface area contributed by atoms with Crippen molar-refractivity contribution >= 4 is 5.91 Å². The van der Waals surface area contributed by atoms with Crippen LogP contribution in [-0.2, 0) is 16.6 Å². The molecule has 0 aromatic heterocycles. The molecule has 1 unspecified atom stereocenters. The second-order valence-corrected chi connectivity index (χ2v) is 7.53. The number of aryl methyl sites for hydroxylation is 1. The molecule has 2 aliphatic rings. The summed E-state index contributed by atoms with van der Waals surface area (Å²) < 4.78 is 0. The Labute approximate surface area is 145 Å². The van der Waals surface area contributed by atoms with Gasteiger partial charge in [0.05, 0.1) is 11.5 Å². The van der Waals surface area contributed by atoms with Crippen molar-refractivity contribution < 1.29 is 9.90 Å². The molecular weight excluding hydrogens is 300 g/mol. The lowest BCUT2D eigenvalue weighted by molar-refractivity contribution is -0.126. The van der Waals surface area contributed by atoms with Crippen molar-refractivity contribution in [3.63, 3.8) is 0 Å². The van der Waals surface area contributed by atoms with Gasteiger partial charge in [-0.15, -0.1) is 0 Å². The average Bonchev–Trinajstić information content (AvgIpc) is 2.60. The van der Waals surface area contributed by atoms with E-state index in [4.69, 9.17) is 0 Å². The van der Waals surface area contributed by atoms with Crippen LogP contribution in [-0.4, -0.2) is 48.2 Å². The van der Waals surface area contributed by atoms with E-state index in [0.717, 1.165) is 64.7 Å². The molecule has 24 heavy (non-hydrogen) atoms. The van der Waals surface area contributed by atoms with Gasteiger partial charge in [-0.2, -0.15) is 0 Å². The third-order valence-electron chi connectivity index (χ3n) is 5.73. The number of hydrogen-bond acceptors (Lipinski definition) is 3. The van der Waals surface area contributed by atoms with E-state index in [1.54, 1.807) is 0 Å². The fourth-order valence-electron chi connectivity index (χ4n) is 4.12. The van der Waals surface area contributed by atoms with Crippen LogP contribution in [0, 0.1) is 0 Å². The summed E-state index contributed by atoms with van der Waals surface area (Å²) in [5.74, 6) is 0.170. The van der Waals surface area contributed by atoms with Crippen molar-refractivity contribution in [1.82, 2.24) is 10.2 Å². The van der Waals surface area contributed by atoms with Gasteiger partial charge in [0, 0.05) is 19.6 Å². The van der Waals surface area contributed by atoms with Crippen molar-refractivity contribution in [2.24, 2.45) is 0 Å². The number of aliphatic hydroxyl groups is 1. The van der Waals surface area contributed by atoms with E-state index in [9.17, 15) is 9.90 Å². The monoisotopic (exact) mass is 330 g/mol. The summed E-state index contributed by atoms with van der Waals surface area (Å²) in [6, 6.07) is 8.39. The first-order valence-electron chi connectivity index (χ1n) is 9.37. The van der Waals surface area contributed by atoms with Gasteiger partial charge in [0.1, 0.15) is 0 Å². The van der Waals surface area contributed by atoms with Crippen LogP contribution in [0.2, 0.25) is 0 Å². The lowest BCUT2D eigenvalue weighted by Crippen LogP contribution is -2.45. The van der Waals surface area contributed by atoms with Crippen LogP contribution < -0.4 is 5.32 Å². The number of rotatable bonds is 5. The highest BCUT2D eigenvalue weighted by atomic mass is 16.3. The second kappa shape index (κ2) is 7.66. The minimum absolute atomic E-state index is 0.118. The van der Waals surface area contributed by atoms with Crippen LogP contribution in [0.1, 0.15) is 50.2 Å². The maximum absolute atomic E-state index is 12.8. The Morgan fingerprint density at radius 2 is 2.08 bits per heavy atom. The molecule has 1 aliphatic carbocycles. The maximum Gasteiger partial charge on any atom is 0.230 e. The summed E-state index contributed by atoms with van der Waals surface area (Å²) in [6.07, 6.45) is 5.70. The fraction of sp³-hybridized carbons (Fsp3) is 0.650. The van der Waals surface area contributed by atoms with Gasteiger partial charge in [0.2, 0.25) is 5.91 Å². The van der Waals surface area contributed by atoms with Gasteiger partial charge in [-0.25, -0.2) is 0 Å². The number of fused-ring (bicyclic) bond motifs is 1. The maximum atomic E-state index is 12.8. The Balaban J connectivity index is 1.49. The van der Waals surface area contributed by atoms with Crippen molar-refractivity contribution in [3.8, 4) is 0 Å². The highest BCUT2D eigenvalue weighted by molar-refractivity contribution is 5.88. The summed E-state index contributed by atoms with van der Waals surface area (Å²) in [6.45, 7) is 5.77. The summed E-state index contributed by atoms with van der Waals surface area (Å²) in [7, 11) is 0. The molecule has 3 rings (SSSR count). The number of amides is 1. The molecule has 4 heteroatoms. The number of likely N-dealkylation sites (tertiary alicyclic amines) is 1. The SMILES string of the molecule is CC1(C(=O)NCCCN2CCC(O)CC2)CCCc2ccccc21. The van der Waals surface area contributed by atoms with Crippen molar-refractivity contribution in [2.45, 2.75) is 57.0 Å². The zero-order valence-electron chi connectivity index (χ0n) is 14.8. The minimum atomic E-state index is -0.385. The molecule has 1 atom stereocenters. The molecule has 1 saturated heterocycles. The molecule has 132 valence electrons. The average molecular weight is 330 g/mol. The number of hydrogen-bond donors (Lipinski definition) is 2. The van der Waals surface area contributed by atoms with Gasteiger partial charge in [-0.1, -0.05) is 24.3 Å². The lowest BCUT2D eigenvalue weighted by atomic mass is 9.70. The van der Waals surface area contributed by atoms with Crippen LogP contribution in [0.5, 0.6) is 0 Å². The summed E-state index contributed by atoms with van der Waals surface area (Å²) in [5.41, 5.74) is 2.15. The standard InChI is InChI=1S/C20H30N2O2/c1-20(11-4-7-16-6-2-3-8-18(16)20)19(24)21-12-5-13-22-14-9-17(23)10-15-22/h2-3,6,8,17,23H,4-5,7,9-15H2,1H3,(H,21,24). The Morgan fingerprint density at radius 3 is 2.88 bits per heavy atom. The van der Waals surface area contributed by atoms with E-state index in [-0.39, 0.29) is 17.4 Å². The molecule has 4 nitrogen and oxygen atoms in total. The van der Waals surface area contributed by atoms with Gasteiger partial charge in [0.25, 0.3) is 0 Å². The summed E-state index contributed by atoms with van der Waals surface area (Å²) in [5, 5.41) is 12.7. The smallest absolute Gasteiger partial charge is 0.230 e. The quantitative estimate of drug-likeness (QED) is 0.814. The third kappa shape index (κ3) is 3.81. The second-order valence-electron chi connectivity index (χ2n) is 7.53. The number of piperidine rings is 1. The van der Waals surface area contributed by atoms with E-state index >= 15 is 0 Å². The van der Waals surface area contributed by atoms with Crippen molar-refractivity contribution in [3.05, 3.63) is 35.4 Å². The van der Waals surface area contributed by atoms with Gasteiger partial charge in [0.15, 0.2) is 0 Å². The highest BCUT2D eigenvalue weighted by Gasteiger charge is 2.38. The molecule has 1 aliphatic heterocycles. The van der Waals surface area contributed by atoms with Crippen LogP contribution in [0.4, 0.5) is 0 Å². The molecule has 0 bridgehead atoms. The first kappa shape index (κ1) is 17.4. The Morgan fingerprint density at radius 1 is 1.33 bits per heavy atom. The number of aliphatic hydroxyl groups excluding tert-OH is 1. The predicted octanol–water partition coefficient (Wildman–Crippen LogP) is 2.24. The van der Waals surface area contributed by atoms with Crippen molar-refractivity contribution in [1.29, 1.82) is 0 Å². The molecule has 0 spiro atoms. The van der Waals surface area contributed by atoms with E-state index in [1.807, 2.05) is 6.07 Å². The predicted molar refractivity (Wildman–Crippen MR) is 96.0 cm³/mol. The summed E-state index contributed by atoms with van der Waals surface area (Å²) >= 11 is 0. The van der Waals surface area contributed by atoms with Gasteiger partial charge in [-0.3, -0.25) is 4.79 Å². The molecule has 0 radical (unpaired) electrons. The number of nitrogens with zero attached hydrogens (tertiary/aromatic N) is 1.